The molecule has 2 saturated heterocycles. The number of benzene rings is 2. The number of sulfonamides is 1. The van der Waals surface area contributed by atoms with Crippen LogP contribution >= 0.6 is 0 Å². The van der Waals surface area contributed by atoms with Gasteiger partial charge in [0.15, 0.2) is 0 Å². The summed E-state index contributed by atoms with van der Waals surface area (Å²) in [6.07, 6.45) is 0.418. The molecule has 0 radical (unpaired) electrons. The first kappa shape index (κ1) is 25.0. The van der Waals surface area contributed by atoms with Gasteiger partial charge in [0.2, 0.25) is 21.8 Å². The van der Waals surface area contributed by atoms with Crippen LogP contribution in [0.2, 0.25) is 0 Å². The van der Waals surface area contributed by atoms with E-state index in [1.54, 1.807) is 34.6 Å². The smallest absolute Gasteiger partial charge is 0.248 e. The molecule has 0 bridgehead atoms. The van der Waals surface area contributed by atoms with Gasteiger partial charge in [-0.05, 0) is 30.7 Å². The van der Waals surface area contributed by atoms with Gasteiger partial charge in [-0.2, -0.15) is 4.31 Å². The minimum absolute atomic E-state index is 0.0771. The molecule has 2 aromatic carbocycles. The summed E-state index contributed by atoms with van der Waals surface area (Å²) >= 11 is 0. The van der Waals surface area contributed by atoms with Crippen LogP contribution in [0.4, 0.5) is 5.69 Å². The number of piperidine rings is 1. The first-order chi connectivity index (χ1) is 16.8. The van der Waals surface area contributed by atoms with Gasteiger partial charge in [0, 0.05) is 31.9 Å². The van der Waals surface area contributed by atoms with Gasteiger partial charge in [0.25, 0.3) is 0 Å². The fourth-order valence-electron chi connectivity index (χ4n) is 4.76. The van der Waals surface area contributed by atoms with E-state index < -0.39 is 39.9 Å². The van der Waals surface area contributed by atoms with Crippen LogP contribution < -0.4 is 15.1 Å². The number of hydrogen-bond donors (Lipinski definition) is 2. The van der Waals surface area contributed by atoms with Crippen LogP contribution in [0.1, 0.15) is 6.42 Å². The second kappa shape index (κ2) is 10.6. The fourth-order valence-corrected chi connectivity index (χ4v) is 5.85. The summed E-state index contributed by atoms with van der Waals surface area (Å²) in [7, 11) is -3.88. The molecule has 2 fully saturated rings. The minimum atomic E-state index is -3.88. The van der Waals surface area contributed by atoms with Crippen LogP contribution in [0, 0.1) is 5.92 Å². The molecule has 188 valence electrons. The summed E-state index contributed by atoms with van der Waals surface area (Å²) in [5.41, 5.74) is 2.66. The number of piperazine rings is 1. The van der Waals surface area contributed by atoms with Crippen molar-refractivity contribution in [3.63, 3.8) is 0 Å². The van der Waals surface area contributed by atoms with E-state index in [9.17, 15) is 23.2 Å². The molecule has 0 unspecified atom stereocenters. The Balaban J connectivity index is 1.55. The van der Waals surface area contributed by atoms with E-state index in [0.717, 1.165) is 16.2 Å². The Hall–Kier alpha value is -3.15. The van der Waals surface area contributed by atoms with Crippen LogP contribution in [0.15, 0.2) is 60.7 Å². The molecule has 3 atom stereocenters. The molecule has 2 heterocycles. The van der Waals surface area contributed by atoms with Gasteiger partial charge in [0.05, 0.1) is 18.7 Å². The molecule has 10 nitrogen and oxygen atoms in total. The van der Waals surface area contributed by atoms with Gasteiger partial charge in [-0.1, -0.05) is 36.4 Å². The van der Waals surface area contributed by atoms with E-state index in [1.807, 2.05) is 36.4 Å². The van der Waals surface area contributed by atoms with Crippen molar-refractivity contribution >= 4 is 27.5 Å². The molecule has 0 aliphatic carbocycles. The Morgan fingerprint density at radius 2 is 1.57 bits per heavy atom. The average molecular weight is 503 g/mol. The SMILES string of the molecule is CS(=O)(=O)N1C[C@@H](Oc2ccccc2)C[C@H](C(=O)NO)[C@H]1C(=O)N1CCN(c2ccccc2)CC1. The number of ether oxygens (including phenoxy) is 1. The van der Waals surface area contributed by atoms with E-state index >= 15 is 0 Å². The number of hydrogen-bond acceptors (Lipinski definition) is 7. The quantitative estimate of drug-likeness (QED) is 0.446. The van der Waals surface area contributed by atoms with Gasteiger partial charge >= 0.3 is 0 Å². The molecular weight excluding hydrogens is 472 g/mol. The molecule has 2 amide bonds. The minimum Gasteiger partial charge on any atom is -0.489 e. The summed E-state index contributed by atoms with van der Waals surface area (Å²) in [6, 6.07) is 17.4. The largest absolute Gasteiger partial charge is 0.489 e. The number of anilines is 1. The van der Waals surface area contributed by atoms with E-state index in [-0.39, 0.29) is 13.0 Å². The van der Waals surface area contributed by atoms with Gasteiger partial charge in [-0.15, -0.1) is 0 Å². The van der Waals surface area contributed by atoms with Crippen molar-refractivity contribution in [1.29, 1.82) is 0 Å². The molecule has 0 aromatic heterocycles. The molecule has 0 saturated carbocycles. The van der Waals surface area contributed by atoms with E-state index in [0.29, 0.717) is 31.9 Å². The number of nitrogens with zero attached hydrogens (tertiary/aromatic N) is 3. The highest BCUT2D eigenvalue weighted by Crippen LogP contribution is 2.31. The van der Waals surface area contributed by atoms with Crippen LogP contribution in [0.3, 0.4) is 0 Å². The van der Waals surface area contributed by atoms with E-state index in [4.69, 9.17) is 4.74 Å². The summed E-state index contributed by atoms with van der Waals surface area (Å²) in [6.45, 7) is 1.86. The van der Waals surface area contributed by atoms with E-state index in [1.165, 1.54) is 0 Å². The Bertz CT molecular complexity index is 1120. The fraction of sp³-hybridized carbons (Fsp3) is 0.417. The second-order valence-corrected chi connectivity index (χ2v) is 10.7. The third-order valence-corrected chi connectivity index (χ3v) is 7.70. The van der Waals surface area contributed by atoms with Crippen molar-refractivity contribution in [3.05, 3.63) is 60.7 Å². The molecule has 2 aromatic rings. The molecule has 11 heteroatoms. The lowest BCUT2D eigenvalue weighted by Crippen LogP contribution is -2.64. The number of amides is 2. The van der Waals surface area contributed by atoms with Crippen molar-refractivity contribution < 1.29 is 28.0 Å². The third kappa shape index (κ3) is 5.75. The predicted molar refractivity (Wildman–Crippen MR) is 129 cm³/mol. The number of para-hydroxylation sites is 2. The lowest BCUT2D eigenvalue weighted by Gasteiger charge is -2.44. The number of carbonyl (C=O) groups is 2. The van der Waals surface area contributed by atoms with Gasteiger partial charge in [0.1, 0.15) is 17.9 Å². The first-order valence-corrected chi connectivity index (χ1v) is 13.3. The van der Waals surface area contributed by atoms with Crippen LogP contribution in [0.25, 0.3) is 0 Å². The lowest BCUT2D eigenvalue weighted by molar-refractivity contribution is -0.148. The summed E-state index contributed by atoms with van der Waals surface area (Å²) in [4.78, 5) is 30.1. The van der Waals surface area contributed by atoms with Crippen molar-refractivity contribution in [3.8, 4) is 5.75 Å². The van der Waals surface area contributed by atoms with Crippen LogP contribution in [-0.4, -0.2) is 85.8 Å². The highest BCUT2D eigenvalue weighted by molar-refractivity contribution is 7.88. The van der Waals surface area contributed by atoms with Gasteiger partial charge in [-0.25, -0.2) is 13.9 Å². The number of hydroxylamine groups is 1. The molecule has 4 rings (SSSR count). The average Bonchev–Trinajstić information content (AvgIpc) is 2.88. The van der Waals surface area contributed by atoms with Crippen molar-refractivity contribution in [2.75, 3.05) is 43.9 Å². The number of nitrogens with one attached hydrogen (secondary N) is 1. The van der Waals surface area contributed by atoms with Crippen molar-refractivity contribution in [2.45, 2.75) is 18.6 Å². The monoisotopic (exact) mass is 502 g/mol. The molecular formula is C24H30N4O6S. The second-order valence-electron chi connectivity index (χ2n) is 8.80. The van der Waals surface area contributed by atoms with Crippen LogP contribution in [-0.2, 0) is 19.6 Å². The summed E-state index contributed by atoms with van der Waals surface area (Å²) < 4.78 is 32.5. The third-order valence-electron chi connectivity index (χ3n) is 6.48. The highest BCUT2D eigenvalue weighted by atomic mass is 32.2. The molecule has 2 aliphatic rings. The van der Waals surface area contributed by atoms with Crippen molar-refractivity contribution in [1.82, 2.24) is 14.7 Å². The van der Waals surface area contributed by atoms with E-state index in [2.05, 4.69) is 4.90 Å². The maximum Gasteiger partial charge on any atom is 0.248 e. The number of rotatable bonds is 6. The van der Waals surface area contributed by atoms with Gasteiger partial charge < -0.3 is 14.5 Å². The summed E-state index contributed by atoms with van der Waals surface area (Å²) in [5.74, 6) is -1.86. The maximum absolute atomic E-state index is 13.6. The Morgan fingerprint density at radius 3 is 2.14 bits per heavy atom. The van der Waals surface area contributed by atoms with Crippen LogP contribution in [0.5, 0.6) is 5.75 Å². The summed E-state index contributed by atoms with van der Waals surface area (Å²) in [5, 5.41) is 9.38. The first-order valence-electron chi connectivity index (χ1n) is 11.5. The van der Waals surface area contributed by atoms with Crippen molar-refractivity contribution in [2.24, 2.45) is 5.92 Å². The normalized spacial score (nSPS) is 23.5. The lowest BCUT2D eigenvalue weighted by atomic mass is 9.87. The number of carbonyl (C=O) groups excluding carboxylic acids is 2. The Labute approximate surface area is 205 Å². The predicted octanol–water partition coefficient (Wildman–Crippen LogP) is 0.938. The molecule has 2 aliphatic heterocycles. The Kier molecular flexibility index (Phi) is 7.58. The topological polar surface area (TPSA) is 119 Å². The zero-order valence-electron chi connectivity index (χ0n) is 19.5. The molecule has 35 heavy (non-hydrogen) atoms. The molecule has 2 N–H and O–H groups in total. The zero-order valence-corrected chi connectivity index (χ0v) is 20.3. The Morgan fingerprint density at radius 1 is 0.971 bits per heavy atom. The maximum atomic E-state index is 13.6. The molecule has 0 spiro atoms. The zero-order chi connectivity index (χ0) is 25.0. The highest BCUT2D eigenvalue weighted by Gasteiger charge is 2.49. The van der Waals surface area contributed by atoms with Gasteiger partial charge in [-0.3, -0.25) is 14.8 Å². The standard InChI is InChI=1S/C24H30N4O6S/c1-35(32,33)28-17-20(34-19-10-6-3-7-11-19)16-21(23(29)25-31)22(28)24(30)27-14-12-26(13-15-27)18-8-4-2-5-9-18/h2-11,20-22,31H,12-17H2,1H3,(H,25,29)/t20-,21-,22-/m0/s1.